The topological polar surface area (TPSA) is 228 Å². The van der Waals surface area contributed by atoms with E-state index in [9.17, 15) is 31.0 Å². The third-order valence-electron chi connectivity index (χ3n) is 9.61. The van der Waals surface area contributed by atoms with Crippen molar-refractivity contribution in [2.24, 2.45) is 33.1 Å². The maximum absolute atomic E-state index is 13.9. The predicted molar refractivity (Wildman–Crippen MR) is 182 cm³/mol. The molecular formula is C34H42N10O6. The molecule has 16 nitrogen and oxygen atoms in total. The number of nitrogens with zero attached hydrogens (tertiary/aromatic N) is 10. The molecule has 264 valence electrons. The van der Waals surface area contributed by atoms with Crippen LogP contribution in [-0.4, -0.2) is 59.3 Å². The van der Waals surface area contributed by atoms with Crippen molar-refractivity contribution in [3.8, 4) is 0 Å². The Hall–Kier alpha value is -5.42. The quantitative estimate of drug-likeness (QED) is 0.0667. The van der Waals surface area contributed by atoms with Crippen LogP contribution >= 0.6 is 0 Å². The molecule has 0 radical (unpaired) electrons. The van der Waals surface area contributed by atoms with Crippen molar-refractivity contribution in [3.05, 3.63) is 103 Å². The van der Waals surface area contributed by atoms with Crippen molar-refractivity contribution < 1.29 is 28.6 Å². The molecule has 0 N–H and O–H groups in total. The maximum atomic E-state index is 13.9. The van der Waals surface area contributed by atoms with E-state index >= 15 is 0 Å². The lowest BCUT2D eigenvalue weighted by atomic mass is 9.62. The molecule has 0 bridgehead atoms. The summed E-state index contributed by atoms with van der Waals surface area (Å²) in [5, 5.41) is 12.0. The first-order chi connectivity index (χ1) is 24.2. The van der Waals surface area contributed by atoms with Crippen molar-refractivity contribution in [1.29, 1.82) is 0 Å². The Morgan fingerprint density at radius 2 is 1.34 bits per heavy atom. The molecule has 2 aliphatic carbocycles. The first-order valence-corrected chi connectivity index (χ1v) is 16.7. The molecule has 0 aromatic heterocycles. The summed E-state index contributed by atoms with van der Waals surface area (Å²) in [6.07, 6.45) is -0.858. The Kier molecular flexibility index (Phi) is 13.7. The number of hydrogen-bond acceptors (Lipinski definition) is 9. The van der Waals surface area contributed by atoms with Crippen molar-refractivity contribution >= 4 is 18.0 Å². The number of hydrogen-bond donors (Lipinski definition) is 0. The van der Waals surface area contributed by atoms with Gasteiger partial charge in [-0.15, -0.1) is 0 Å². The fourth-order valence-electron chi connectivity index (χ4n) is 7.67. The van der Waals surface area contributed by atoms with Gasteiger partial charge in [-0.2, -0.15) is 0 Å². The van der Waals surface area contributed by atoms with E-state index < -0.39 is 60.2 Å². The molecule has 2 aromatic rings. The molecule has 1 amide bonds. The molecule has 4 rings (SSSR count). The Bertz CT molecular complexity index is 1610. The summed E-state index contributed by atoms with van der Waals surface area (Å²) >= 11 is 0. The van der Waals surface area contributed by atoms with E-state index in [1.54, 1.807) is 4.90 Å². The zero-order chi connectivity index (χ0) is 36.0. The summed E-state index contributed by atoms with van der Waals surface area (Å²) in [7, 11) is 0. The maximum Gasteiger partial charge on any atom is 0.410 e. The van der Waals surface area contributed by atoms with Gasteiger partial charge in [0.1, 0.15) is 18.8 Å². The van der Waals surface area contributed by atoms with E-state index in [4.69, 9.17) is 14.2 Å². The monoisotopic (exact) mass is 686 g/mol. The molecule has 0 heterocycles. The third-order valence-corrected chi connectivity index (χ3v) is 9.61. The lowest BCUT2D eigenvalue weighted by Gasteiger charge is -2.50. The normalized spacial score (nSPS) is 26.4. The van der Waals surface area contributed by atoms with Crippen LogP contribution in [0.15, 0.2) is 76.0 Å². The second-order valence-corrected chi connectivity index (χ2v) is 12.6. The standard InChI is InChI=1S/C34H42N10O6/c1-4-30(44(19-23-11-7-5-8-12-23)34(47)48-20-24-13-9-6-10-14-24)25-15-16-27(38-41-35)26(17-25)31-28(39-42-36)18-29(40-43-37)32(49-21(2)45)33(31)50-22(3)46/h5-14,25-33H,4,15-20H2,1-3H3/t25-,26?,27?,28?,29?,30+,31-,32+,33+/m1/s1. The molecule has 50 heavy (non-hydrogen) atoms. The van der Waals surface area contributed by atoms with E-state index in [0.717, 1.165) is 11.1 Å². The number of carbonyl (C=O) groups excluding carboxylic acids is 3. The highest BCUT2D eigenvalue weighted by Crippen LogP contribution is 2.47. The van der Waals surface area contributed by atoms with Gasteiger partial charge in [0.15, 0.2) is 0 Å². The lowest BCUT2D eigenvalue weighted by molar-refractivity contribution is -0.182. The summed E-state index contributed by atoms with van der Waals surface area (Å²) in [6.45, 7) is 4.77. The van der Waals surface area contributed by atoms with Gasteiger partial charge in [-0.3, -0.25) is 9.59 Å². The Morgan fingerprint density at radius 3 is 1.92 bits per heavy atom. The average Bonchev–Trinajstić information content (AvgIpc) is 3.10. The average molecular weight is 687 g/mol. The van der Waals surface area contributed by atoms with Gasteiger partial charge < -0.3 is 19.1 Å². The van der Waals surface area contributed by atoms with Crippen LogP contribution in [0.3, 0.4) is 0 Å². The summed E-state index contributed by atoms with van der Waals surface area (Å²) in [5.74, 6) is -2.84. The van der Waals surface area contributed by atoms with Crippen molar-refractivity contribution in [2.45, 2.75) is 102 Å². The van der Waals surface area contributed by atoms with Gasteiger partial charge in [0.25, 0.3) is 0 Å². The van der Waals surface area contributed by atoms with Crippen LogP contribution in [0.2, 0.25) is 0 Å². The van der Waals surface area contributed by atoms with Crippen LogP contribution in [0.4, 0.5) is 4.79 Å². The summed E-state index contributed by atoms with van der Waals surface area (Å²) in [5.41, 5.74) is 30.3. The van der Waals surface area contributed by atoms with Gasteiger partial charge in [0, 0.05) is 59.2 Å². The minimum atomic E-state index is -1.19. The van der Waals surface area contributed by atoms with Gasteiger partial charge >= 0.3 is 18.0 Å². The molecule has 0 saturated heterocycles. The molecule has 2 saturated carbocycles. The number of benzene rings is 2. The summed E-state index contributed by atoms with van der Waals surface area (Å²) in [4.78, 5) is 49.5. The number of ether oxygens (including phenoxy) is 3. The highest BCUT2D eigenvalue weighted by molar-refractivity contribution is 5.68. The van der Waals surface area contributed by atoms with E-state index in [0.29, 0.717) is 25.7 Å². The minimum absolute atomic E-state index is 0.00179. The smallest absolute Gasteiger partial charge is 0.410 e. The first kappa shape index (κ1) is 37.4. The summed E-state index contributed by atoms with van der Waals surface area (Å²) < 4.78 is 17.3. The fraction of sp³-hybridized carbons (Fsp3) is 0.559. The largest absolute Gasteiger partial charge is 0.458 e. The number of amides is 1. The second-order valence-electron chi connectivity index (χ2n) is 12.6. The van der Waals surface area contributed by atoms with Crippen molar-refractivity contribution in [3.63, 3.8) is 0 Å². The Morgan fingerprint density at radius 1 is 0.780 bits per heavy atom. The van der Waals surface area contributed by atoms with Crippen LogP contribution < -0.4 is 0 Å². The van der Waals surface area contributed by atoms with Crippen LogP contribution in [0.25, 0.3) is 31.3 Å². The molecule has 9 atom stereocenters. The van der Waals surface area contributed by atoms with Crippen LogP contribution in [0.1, 0.15) is 64.0 Å². The van der Waals surface area contributed by atoms with Crippen LogP contribution in [0.5, 0.6) is 0 Å². The molecule has 0 aliphatic heterocycles. The zero-order valence-electron chi connectivity index (χ0n) is 28.3. The van der Waals surface area contributed by atoms with Crippen LogP contribution in [-0.2, 0) is 37.0 Å². The van der Waals surface area contributed by atoms with Crippen molar-refractivity contribution in [2.75, 3.05) is 0 Å². The van der Waals surface area contributed by atoms with E-state index in [1.807, 2.05) is 67.6 Å². The molecular weight excluding hydrogens is 644 g/mol. The Balaban J connectivity index is 1.74. The number of azide groups is 3. The minimum Gasteiger partial charge on any atom is -0.458 e. The number of esters is 2. The van der Waals surface area contributed by atoms with Crippen molar-refractivity contribution in [1.82, 2.24) is 4.90 Å². The van der Waals surface area contributed by atoms with E-state index in [1.165, 1.54) is 13.8 Å². The van der Waals surface area contributed by atoms with Gasteiger partial charge in [0.05, 0.1) is 6.04 Å². The van der Waals surface area contributed by atoms with Gasteiger partial charge in [-0.1, -0.05) is 82.9 Å². The molecule has 2 fully saturated rings. The molecule has 2 aromatic carbocycles. The molecule has 2 aliphatic rings. The predicted octanol–water partition coefficient (Wildman–Crippen LogP) is 7.94. The zero-order valence-corrected chi connectivity index (χ0v) is 28.3. The first-order valence-electron chi connectivity index (χ1n) is 16.7. The van der Waals surface area contributed by atoms with Gasteiger partial charge in [-0.25, -0.2) is 4.79 Å². The van der Waals surface area contributed by atoms with E-state index in [2.05, 4.69) is 30.1 Å². The Labute approximate surface area is 289 Å². The second kappa shape index (κ2) is 18.4. The highest BCUT2D eigenvalue weighted by Gasteiger charge is 2.54. The molecule has 16 heteroatoms. The number of rotatable bonds is 13. The number of carbonyl (C=O) groups is 3. The van der Waals surface area contributed by atoms with E-state index in [-0.39, 0.29) is 31.5 Å². The molecule has 0 spiro atoms. The molecule has 4 unspecified atom stereocenters. The van der Waals surface area contributed by atoms with Gasteiger partial charge in [-0.05, 0) is 71.7 Å². The lowest BCUT2D eigenvalue weighted by Crippen LogP contribution is -2.59. The third kappa shape index (κ3) is 9.60. The summed E-state index contributed by atoms with van der Waals surface area (Å²) in [6, 6.07) is 16.2. The van der Waals surface area contributed by atoms with Crippen LogP contribution in [0, 0.1) is 17.8 Å². The fourth-order valence-corrected chi connectivity index (χ4v) is 7.67. The highest BCUT2D eigenvalue weighted by atomic mass is 16.6. The van der Waals surface area contributed by atoms with Gasteiger partial charge in [0.2, 0.25) is 0 Å². The SMILES string of the molecule is CC[C@@H]([C@@H]1CCC(N=[N+]=[N-])C([C@@H]2C(N=[N+]=[N-])CC(N=[N+]=[N-])[C@H](OC(C)=O)[C@H]2OC(C)=O)C1)N(Cc1ccccc1)C(=O)OCc1ccccc1.